The number of hydrogen-bond donors (Lipinski definition) is 1. The second-order valence-electron chi connectivity index (χ2n) is 6.62. The first-order valence-corrected chi connectivity index (χ1v) is 10.9. The van der Waals surface area contributed by atoms with Crippen LogP contribution in [-0.2, 0) is 4.79 Å². The average Bonchev–Trinajstić information content (AvgIpc) is 3.24. The molecule has 1 amide bonds. The number of halogens is 2. The maximum atomic E-state index is 12.9. The lowest BCUT2D eigenvalue weighted by atomic mass is 10.2. The molecule has 0 radical (unpaired) electrons. The van der Waals surface area contributed by atoms with Crippen molar-refractivity contribution in [2.24, 2.45) is 5.10 Å². The lowest BCUT2D eigenvalue weighted by molar-refractivity contribution is -0.118. The molecule has 6 nitrogen and oxygen atoms in total. The van der Waals surface area contributed by atoms with E-state index in [-0.39, 0.29) is 17.5 Å². The number of carbonyl (C=O) groups excluding carboxylic acids is 1. The molecule has 0 saturated carbocycles. The van der Waals surface area contributed by atoms with Gasteiger partial charge in [0.2, 0.25) is 0 Å². The van der Waals surface area contributed by atoms with E-state index in [0.717, 1.165) is 11.3 Å². The summed E-state index contributed by atoms with van der Waals surface area (Å²) in [5.74, 6) is 0.101. The predicted molar refractivity (Wildman–Crippen MR) is 125 cm³/mol. The second-order valence-corrected chi connectivity index (χ2v) is 8.00. The van der Waals surface area contributed by atoms with Crippen LogP contribution >= 0.6 is 23.4 Å². The summed E-state index contributed by atoms with van der Waals surface area (Å²) in [6, 6.07) is 22.8. The highest BCUT2D eigenvalue weighted by molar-refractivity contribution is 7.99. The van der Waals surface area contributed by atoms with Gasteiger partial charge in [-0.1, -0.05) is 53.7 Å². The van der Waals surface area contributed by atoms with Crippen LogP contribution in [0.2, 0.25) is 5.02 Å². The van der Waals surface area contributed by atoms with Gasteiger partial charge in [-0.3, -0.25) is 9.36 Å². The maximum Gasteiger partial charge on any atom is 0.250 e. The molecule has 0 aliphatic rings. The Labute approximate surface area is 193 Å². The number of hydrazone groups is 1. The first-order valence-electron chi connectivity index (χ1n) is 9.57. The SMILES string of the molecule is O=C(CSc1nnc(-c2ccc(Cl)cc2)n1-c1ccccc1)N/N=C/c1ccc(F)cc1. The number of nitrogens with one attached hydrogen (secondary N) is 1. The third-order valence-corrected chi connectivity index (χ3v) is 5.54. The maximum absolute atomic E-state index is 12.9. The number of rotatable bonds is 7. The lowest BCUT2D eigenvalue weighted by Gasteiger charge is -2.10. The van der Waals surface area contributed by atoms with Crippen molar-refractivity contribution in [2.45, 2.75) is 5.16 Å². The summed E-state index contributed by atoms with van der Waals surface area (Å²) in [6.07, 6.45) is 1.45. The minimum atomic E-state index is -0.330. The van der Waals surface area contributed by atoms with Gasteiger partial charge in [-0.25, -0.2) is 9.82 Å². The van der Waals surface area contributed by atoms with Gasteiger partial charge < -0.3 is 0 Å². The van der Waals surface area contributed by atoms with Gasteiger partial charge in [-0.2, -0.15) is 5.10 Å². The smallest absolute Gasteiger partial charge is 0.250 e. The average molecular weight is 466 g/mol. The lowest BCUT2D eigenvalue weighted by Crippen LogP contribution is -2.20. The molecule has 0 atom stereocenters. The van der Waals surface area contributed by atoms with E-state index in [4.69, 9.17) is 11.6 Å². The Balaban J connectivity index is 1.49. The molecule has 3 aromatic carbocycles. The number of hydrogen-bond acceptors (Lipinski definition) is 5. The Morgan fingerprint density at radius 3 is 2.47 bits per heavy atom. The third kappa shape index (κ3) is 5.40. The molecular formula is C23H17ClFN5OS. The van der Waals surface area contributed by atoms with Crippen LogP contribution < -0.4 is 5.43 Å². The fourth-order valence-electron chi connectivity index (χ4n) is 2.85. The first kappa shape index (κ1) is 21.7. The Kier molecular flexibility index (Phi) is 6.94. The number of nitrogens with zero attached hydrogens (tertiary/aromatic N) is 4. The molecule has 1 aromatic heterocycles. The second kappa shape index (κ2) is 10.2. The largest absolute Gasteiger partial charge is 0.272 e. The van der Waals surface area contributed by atoms with E-state index >= 15 is 0 Å². The van der Waals surface area contributed by atoms with Crippen molar-refractivity contribution in [1.82, 2.24) is 20.2 Å². The van der Waals surface area contributed by atoms with E-state index in [1.165, 1.54) is 30.1 Å². The van der Waals surface area contributed by atoms with Gasteiger partial charge >= 0.3 is 0 Å². The Hall–Kier alpha value is -3.49. The van der Waals surface area contributed by atoms with E-state index in [1.54, 1.807) is 24.3 Å². The Morgan fingerprint density at radius 2 is 1.75 bits per heavy atom. The van der Waals surface area contributed by atoms with E-state index in [9.17, 15) is 9.18 Å². The first-order chi connectivity index (χ1) is 15.6. The van der Waals surface area contributed by atoms with Crippen molar-refractivity contribution in [1.29, 1.82) is 0 Å². The van der Waals surface area contributed by atoms with E-state index in [0.29, 0.717) is 21.6 Å². The van der Waals surface area contributed by atoms with Gasteiger partial charge in [0.25, 0.3) is 5.91 Å². The molecule has 0 fully saturated rings. The summed E-state index contributed by atoms with van der Waals surface area (Å²) >= 11 is 7.26. The van der Waals surface area contributed by atoms with Crippen LogP contribution in [0.15, 0.2) is 89.1 Å². The van der Waals surface area contributed by atoms with Crippen LogP contribution in [0.3, 0.4) is 0 Å². The van der Waals surface area contributed by atoms with E-state index in [2.05, 4.69) is 20.7 Å². The van der Waals surface area contributed by atoms with Gasteiger partial charge in [0.1, 0.15) is 5.82 Å². The van der Waals surface area contributed by atoms with Gasteiger partial charge in [0, 0.05) is 16.3 Å². The molecule has 32 heavy (non-hydrogen) atoms. The standard InChI is InChI=1S/C23H17ClFN5OS/c24-18-10-8-17(9-11-18)22-28-29-23(30(22)20-4-2-1-3-5-20)32-15-21(31)27-26-14-16-6-12-19(25)13-7-16/h1-14H,15H2,(H,27,31)/b26-14+. The normalized spacial score (nSPS) is 11.1. The number of amides is 1. The Morgan fingerprint density at radius 1 is 1.03 bits per heavy atom. The topological polar surface area (TPSA) is 72.2 Å². The zero-order valence-electron chi connectivity index (χ0n) is 16.7. The molecule has 9 heteroatoms. The summed E-state index contributed by atoms with van der Waals surface area (Å²) < 4.78 is 14.8. The predicted octanol–water partition coefficient (Wildman–Crippen LogP) is 4.97. The van der Waals surface area contributed by atoms with Crippen LogP contribution in [0, 0.1) is 5.82 Å². The van der Waals surface area contributed by atoms with Crippen LogP contribution in [0.1, 0.15) is 5.56 Å². The summed E-state index contributed by atoms with van der Waals surface area (Å²) in [5.41, 5.74) is 4.87. The Bertz CT molecular complexity index is 1230. The zero-order valence-corrected chi connectivity index (χ0v) is 18.2. The molecule has 0 bridgehead atoms. The molecule has 1 N–H and O–H groups in total. The molecule has 4 rings (SSSR count). The molecule has 0 aliphatic carbocycles. The van der Waals surface area contributed by atoms with Gasteiger partial charge in [0.05, 0.1) is 12.0 Å². The molecule has 0 unspecified atom stereocenters. The van der Waals surface area contributed by atoms with Gasteiger partial charge in [-0.05, 0) is 54.1 Å². The molecule has 0 spiro atoms. The quantitative estimate of drug-likeness (QED) is 0.237. The van der Waals surface area contributed by atoms with Crippen LogP contribution in [0.5, 0.6) is 0 Å². The van der Waals surface area contributed by atoms with E-state index < -0.39 is 0 Å². The summed E-state index contributed by atoms with van der Waals surface area (Å²) in [7, 11) is 0. The number of thioether (sulfide) groups is 1. The minimum absolute atomic E-state index is 0.0896. The zero-order chi connectivity index (χ0) is 22.3. The summed E-state index contributed by atoms with van der Waals surface area (Å²) in [6.45, 7) is 0. The molecule has 160 valence electrons. The molecular weight excluding hydrogens is 449 g/mol. The van der Waals surface area contributed by atoms with Crippen LogP contribution in [-0.4, -0.2) is 32.6 Å². The van der Waals surface area contributed by atoms with Crippen molar-refractivity contribution in [2.75, 3.05) is 5.75 Å². The van der Waals surface area contributed by atoms with Crippen molar-refractivity contribution in [3.63, 3.8) is 0 Å². The van der Waals surface area contributed by atoms with Crippen LogP contribution in [0.25, 0.3) is 17.1 Å². The van der Waals surface area contributed by atoms with Crippen LogP contribution in [0.4, 0.5) is 4.39 Å². The monoisotopic (exact) mass is 465 g/mol. The van der Waals surface area contributed by atoms with Crippen molar-refractivity contribution >= 4 is 35.5 Å². The van der Waals surface area contributed by atoms with Crippen molar-refractivity contribution in [3.8, 4) is 17.1 Å². The highest BCUT2D eigenvalue weighted by Gasteiger charge is 2.17. The van der Waals surface area contributed by atoms with Gasteiger partial charge in [0.15, 0.2) is 11.0 Å². The number of carbonyl (C=O) groups is 1. The number of aromatic nitrogens is 3. The molecule has 0 saturated heterocycles. The minimum Gasteiger partial charge on any atom is -0.272 e. The number of para-hydroxylation sites is 1. The molecule has 0 aliphatic heterocycles. The third-order valence-electron chi connectivity index (χ3n) is 4.36. The van der Waals surface area contributed by atoms with Gasteiger partial charge in [-0.15, -0.1) is 10.2 Å². The molecule has 1 heterocycles. The fraction of sp³-hybridized carbons (Fsp3) is 0.0435. The fourth-order valence-corrected chi connectivity index (χ4v) is 3.72. The summed E-state index contributed by atoms with van der Waals surface area (Å²) in [5, 5.41) is 13.7. The van der Waals surface area contributed by atoms with Crippen molar-refractivity contribution < 1.29 is 9.18 Å². The summed E-state index contributed by atoms with van der Waals surface area (Å²) in [4.78, 5) is 12.2. The van der Waals surface area contributed by atoms with E-state index in [1.807, 2.05) is 47.0 Å². The highest BCUT2D eigenvalue weighted by atomic mass is 35.5. The number of benzene rings is 3. The molecule has 4 aromatic rings. The van der Waals surface area contributed by atoms with Crippen molar-refractivity contribution in [3.05, 3.63) is 95.3 Å². The highest BCUT2D eigenvalue weighted by Crippen LogP contribution is 2.28.